The van der Waals surface area contributed by atoms with Gasteiger partial charge in [0.15, 0.2) is 0 Å². The van der Waals surface area contributed by atoms with Crippen molar-refractivity contribution < 1.29 is 28.7 Å². The molecule has 60 heavy (non-hydrogen) atoms. The highest BCUT2D eigenvalue weighted by atomic mass is 35.5. The number of pyridine rings is 1. The average molecular weight is 830 g/mol. The van der Waals surface area contributed by atoms with E-state index in [0.717, 1.165) is 62.4 Å². The van der Waals surface area contributed by atoms with Crippen molar-refractivity contribution in [3.05, 3.63) is 87.7 Å². The topological polar surface area (TPSA) is 165 Å². The van der Waals surface area contributed by atoms with Gasteiger partial charge < -0.3 is 19.9 Å². The molecule has 2 N–H and O–H groups in total. The lowest BCUT2D eigenvalue weighted by Gasteiger charge is -2.63. The Labute approximate surface area is 354 Å². The molecule has 4 aliphatic heterocycles. The highest BCUT2D eigenvalue weighted by Gasteiger charge is 2.64. The Bertz CT molecular complexity index is 2350. The van der Waals surface area contributed by atoms with Gasteiger partial charge in [0.25, 0.3) is 17.7 Å². The molecule has 0 radical (unpaired) electrons. The Hall–Kier alpha value is -5.76. The fourth-order valence-corrected chi connectivity index (χ4v) is 10.4. The summed E-state index contributed by atoms with van der Waals surface area (Å²) in [5.41, 5.74) is 2.19. The van der Waals surface area contributed by atoms with Gasteiger partial charge in [-0.25, -0.2) is 4.98 Å². The van der Waals surface area contributed by atoms with Crippen LogP contribution in [0.3, 0.4) is 0 Å². The van der Waals surface area contributed by atoms with Gasteiger partial charge in [0.05, 0.1) is 27.3 Å². The number of carbonyl (C=O) groups is 5. The molecule has 1 saturated carbocycles. The zero-order valence-corrected chi connectivity index (χ0v) is 35.0. The van der Waals surface area contributed by atoms with E-state index >= 15 is 0 Å². The minimum Gasteiger partial charge on any atom is -0.489 e. The van der Waals surface area contributed by atoms with E-state index in [0.29, 0.717) is 39.2 Å². The van der Waals surface area contributed by atoms with Crippen LogP contribution in [0.5, 0.6) is 5.75 Å². The maximum atomic E-state index is 13.4. The van der Waals surface area contributed by atoms with E-state index in [2.05, 4.69) is 71.0 Å². The molecule has 4 fully saturated rings. The Kier molecular flexibility index (Phi) is 10.9. The second-order valence-electron chi connectivity index (χ2n) is 17.7. The number of piperidine rings is 3. The van der Waals surface area contributed by atoms with Gasteiger partial charge in [-0.05, 0) is 93.6 Å². The van der Waals surface area contributed by atoms with Gasteiger partial charge in [-0.15, -0.1) is 0 Å². The SMILES string of the molecule is CC1(C)C(NC(=O)c2ccc(C#CC3CCN(C4CCN(c5ccc6c(c5)C(=O)N(C5CCC(=O)NC5=O)C6=O)CC4)CC3)nc2)C(C)(C)C1Oc1ccc(C#N)c(Cl)c1. The molecule has 310 valence electrons. The highest BCUT2D eigenvalue weighted by molar-refractivity contribution is 6.31. The molecule has 2 aromatic carbocycles. The standard InChI is InChI=1S/C46H48ClN7O6/c1-45(2)43(46(3,4)44(45)60-33-11-7-28(25-48)36(47)24-33)51-39(56)29-6-9-30(49-26-29)8-5-27-15-19-52(20-16-27)31-17-21-53(22-18-31)32-10-12-34-35(23-32)42(59)54(41(34)58)37-13-14-38(55)50-40(37)57/h6-7,9-12,23-24,26-27,31,37,43-44H,13-22H2,1-4H3,(H,51,56)(H,50,55,57). The molecular formula is C46H48ClN7O6. The number of ether oxygens (including phenoxy) is 1. The number of rotatable bonds is 7. The highest BCUT2D eigenvalue weighted by Crippen LogP contribution is 2.55. The molecule has 1 aliphatic carbocycles. The summed E-state index contributed by atoms with van der Waals surface area (Å²) in [5.74, 6) is 5.30. The van der Waals surface area contributed by atoms with Gasteiger partial charge in [0.1, 0.15) is 29.7 Å². The number of benzene rings is 2. The summed E-state index contributed by atoms with van der Waals surface area (Å²) in [6, 6.07) is 15.3. The van der Waals surface area contributed by atoms with Crippen LogP contribution in [0.4, 0.5) is 5.69 Å². The second kappa shape index (κ2) is 16.0. The Morgan fingerprint density at radius 3 is 2.27 bits per heavy atom. The lowest BCUT2D eigenvalue weighted by atomic mass is 9.49. The number of carbonyl (C=O) groups excluding carboxylic acids is 5. The first-order valence-corrected chi connectivity index (χ1v) is 21.0. The molecule has 3 aromatic rings. The third-order valence-corrected chi connectivity index (χ3v) is 13.5. The summed E-state index contributed by atoms with van der Waals surface area (Å²) in [6.07, 6.45) is 5.48. The van der Waals surface area contributed by atoms with Crippen LogP contribution in [0, 0.1) is 39.9 Å². The number of nitrogens with zero attached hydrogens (tertiary/aromatic N) is 5. The van der Waals surface area contributed by atoms with E-state index in [1.165, 1.54) is 0 Å². The van der Waals surface area contributed by atoms with Crippen molar-refractivity contribution >= 4 is 46.8 Å². The smallest absolute Gasteiger partial charge is 0.262 e. The van der Waals surface area contributed by atoms with Crippen molar-refractivity contribution in [3.8, 4) is 23.7 Å². The maximum absolute atomic E-state index is 13.4. The van der Waals surface area contributed by atoms with E-state index < -0.39 is 29.7 Å². The van der Waals surface area contributed by atoms with Crippen molar-refractivity contribution in [3.63, 3.8) is 0 Å². The van der Waals surface area contributed by atoms with E-state index in [1.807, 2.05) is 6.07 Å². The molecule has 5 aliphatic rings. The number of anilines is 1. The lowest BCUT2D eigenvalue weighted by molar-refractivity contribution is -0.164. The summed E-state index contributed by atoms with van der Waals surface area (Å²) in [7, 11) is 0. The quantitative estimate of drug-likeness (QED) is 0.234. The molecule has 0 spiro atoms. The zero-order valence-electron chi connectivity index (χ0n) is 34.2. The molecular weight excluding hydrogens is 782 g/mol. The van der Waals surface area contributed by atoms with Crippen molar-refractivity contribution in [1.82, 2.24) is 25.4 Å². The first-order chi connectivity index (χ1) is 28.6. The minimum absolute atomic E-state index is 0.0869. The third kappa shape index (κ3) is 7.61. The molecule has 14 heteroatoms. The molecule has 8 rings (SSSR count). The van der Waals surface area contributed by atoms with Crippen molar-refractivity contribution in [2.45, 2.75) is 90.4 Å². The van der Waals surface area contributed by atoms with Crippen LogP contribution < -0.4 is 20.3 Å². The Morgan fingerprint density at radius 1 is 0.900 bits per heavy atom. The first kappa shape index (κ1) is 41.0. The van der Waals surface area contributed by atoms with Gasteiger partial charge in [-0.2, -0.15) is 5.26 Å². The molecule has 1 unspecified atom stereocenters. The number of fused-ring (bicyclic) bond motifs is 1. The van der Waals surface area contributed by atoms with Gasteiger partial charge in [-0.1, -0.05) is 45.2 Å². The third-order valence-electron chi connectivity index (χ3n) is 13.2. The number of nitrogens with one attached hydrogen (secondary N) is 2. The number of halogens is 1. The van der Waals surface area contributed by atoms with Crippen LogP contribution >= 0.6 is 11.6 Å². The number of hydrogen-bond donors (Lipinski definition) is 2. The lowest BCUT2D eigenvalue weighted by Crippen LogP contribution is -2.74. The number of likely N-dealkylation sites (tertiary alicyclic amines) is 1. The maximum Gasteiger partial charge on any atom is 0.262 e. The molecule has 5 heterocycles. The van der Waals surface area contributed by atoms with E-state index in [-0.39, 0.29) is 53.2 Å². The predicted octanol–water partition coefficient (Wildman–Crippen LogP) is 5.35. The summed E-state index contributed by atoms with van der Waals surface area (Å²) < 4.78 is 6.35. The second-order valence-corrected chi connectivity index (χ2v) is 18.1. The van der Waals surface area contributed by atoms with Gasteiger partial charge in [0, 0.05) is 66.3 Å². The molecule has 0 bridgehead atoms. The zero-order chi connectivity index (χ0) is 42.5. The van der Waals surface area contributed by atoms with Crippen LogP contribution in [-0.2, 0) is 9.59 Å². The van der Waals surface area contributed by atoms with Crippen LogP contribution in [0.15, 0.2) is 54.7 Å². The summed E-state index contributed by atoms with van der Waals surface area (Å²) in [4.78, 5) is 74.2. The summed E-state index contributed by atoms with van der Waals surface area (Å²) in [5, 5.41) is 15.0. The van der Waals surface area contributed by atoms with Crippen LogP contribution in [-0.4, -0.2) is 94.7 Å². The van der Waals surface area contributed by atoms with E-state index in [4.69, 9.17) is 16.3 Å². The monoisotopic (exact) mass is 829 g/mol. The number of nitriles is 1. The van der Waals surface area contributed by atoms with Crippen molar-refractivity contribution in [2.75, 3.05) is 31.1 Å². The van der Waals surface area contributed by atoms with Gasteiger partial charge >= 0.3 is 0 Å². The fraction of sp³-hybridized carbons (Fsp3) is 0.457. The Balaban J connectivity index is 0.794. The fourth-order valence-electron chi connectivity index (χ4n) is 10.1. The number of imide groups is 2. The van der Waals surface area contributed by atoms with E-state index in [1.54, 1.807) is 48.7 Å². The number of amides is 5. The number of aromatic nitrogens is 1. The largest absolute Gasteiger partial charge is 0.489 e. The minimum atomic E-state index is -0.979. The molecule has 1 atom stereocenters. The first-order valence-electron chi connectivity index (χ1n) is 20.6. The van der Waals surface area contributed by atoms with E-state index in [9.17, 15) is 29.2 Å². The van der Waals surface area contributed by atoms with Crippen molar-refractivity contribution in [1.29, 1.82) is 5.26 Å². The van der Waals surface area contributed by atoms with Crippen LogP contribution in [0.2, 0.25) is 5.02 Å². The van der Waals surface area contributed by atoms with Crippen LogP contribution in [0.1, 0.15) is 109 Å². The molecule has 13 nitrogen and oxygen atoms in total. The Morgan fingerprint density at radius 2 is 1.62 bits per heavy atom. The normalized spacial score (nSPS) is 24.1. The summed E-state index contributed by atoms with van der Waals surface area (Å²) in [6.45, 7) is 11.8. The van der Waals surface area contributed by atoms with Gasteiger partial charge in [0.2, 0.25) is 11.8 Å². The van der Waals surface area contributed by atoms with Crippen molar-refractivity contribution in [2.24, 2.45) is 16.7 Å². The predicted molar refractivity (Wildman–Crippen MR) is 223 cm³/mol. The molecule has 3 saturated heterocycles. The molecule has 1 aromatic heterocycles. The molecule has 5 amide bonds. The number of hydrogen-bond acceptors (Lipinski definition) is 10. The van der Waals surface area contributed by atoms with Gasteiger partial charge in [-0.3, -0.25) is 34.2 Å². The summed E-state index contributed by atoms with van der Waals surface area (Å²) >= 11 is 6.24. The van der Waals surface area contributed by atoms with Crippen LogP contribution in [0.25, 0.3) is 0 Å². The average Bonchev–Trinajstić information content (AvgIpc) is 3.49.